The number of hydrogen-bond donors (Lipinski definition) is 3. The van der Waals surface area contributed by atoms with E-state index in [1.165, 1.54) is 23.1 Å². The first-order chi connectivity index (χ1) is 16.8. The highest BCUT2D eigenvalue weighted by Crippen LogP contribution is 2.38. The Kier molecular flexibility index (Phi) is 6.54. The lowest BCUT2D eigenvalue weighted by molar-refractivity contribution is -0.111. The third kappa shape index (κ3) is 4.86. The molecule has 2 heterocycles. The Hall–Kier alpha value is -4.60. The van der Waals surface area contributed by atoms with Gasteiger partial charge >= 0.3 is 0 Å². The number of nitrogen functional groups attached to an aromatic ring is 1. The number of anilines is 2. The minimum absolute atomic E-state index is 0.169. The maximum absolute atomic E-state index is 15.2. The Bertz CT molecular complexity index is 1430. The second-order valence-corrected chi connectivity index (χ2v) is 8.28. The number of aromatic nitrogens is 4. The molecule has 0 spiro atoms. The summed E-state index contributed by atoms with van der Waals surface area (Å²) in [6.07, 6.45) is 2.36. The molecule has 0 bridgehead atoms. The number of hydrogen-bond acceptors (Lipinski definition) is 6. The largest absolute Gasteiger partial charge is 0.382 e. The van der Waals surface area contributed by atoms with Crippen LogP contribution in [0.4, 0.5) is 15.9 Å². The van der Waals surface area contributed by atoms with Crippen LogP contribution in [0.3, 0.4) is 0 Å². The fourth-order valence-corrected chi connectivity index (χ4v) is 3.55. The summed E-state index contributed by atoms with van der Waals surface area (Å²) in [5.41, 5.74) is 8.94. The smallest absolute Gasteiger partial charge is 0.251 e. The van der Waals surface area contributed by atoms with Crippen LogP contribution in [-0.2, 0) is 4.79 Å². The Morgan fingerprint density at radius 3 is 2.60 bits per heavy atom. The number of nitrogens with two attached hydrogens (primary N) is 1. The van der Waals surface area contributed by atoms with Crippen LogP contribution in [0.5, 0.6) is 0 Å². The van der Waals surface area contributed by atoms with Gasteiger partial charge in [-0.3, -0.25) is 9.59 Å². The van der Waals surface area contributed by atoms with Crippen LogP contribution in [0.25, 0.3) is 27.9 Å². The molecular formula is C25H24FN7O2. The zero-order chi connectivity index (χ0) is 25.1. The molecule has 9 nitrogen and oxygen atoms in total. The molecule has 0 fully saturated rings. The molecule has 178 valence electrons. The van der Waals surface area contributed by atoms with Gasteiger partial charge in [-0.25, -0.2) is 9.37 Å². The summed E-state index contributed by atoms with van der Waals surface area (Å²) in [6.45, 7) is 7.98. The molecule has 2 aromatic carbocycles. The molecule has 4 aromatic rings. The van der Waals surface area contributed by atoms with Gasteiger partial charge in [0.1, 0.15) is 23.4 Å². The second kappa shape index (κ2) is 9.72. The van der Waals surface area contributed by atoms with Crippen molar-refractivity contribution in [3.63, 3.8) is 0 Å². The molecule has 10 heteroatoms. The maximum Gasteiger partial charge on any atom is 0.251 e. The van der Waals surface area contributed by atoms with Crippen LogP contribution in [0.2, 0.25) is 0 Å². The first-order valence-corrected chi connectivity index (χ1v) is 10.9. The van der Waals surface area contributed by atoms with E-state index >= 15 is 4.39 Å². The topological polar surface area (TPSA) is 127 Å². The van der Waals surface area contributed by atoms with Crippen molar-refractivity contribution in [2.75, 3.05) is 17.6 Å². The van der Waals surface area contributed by atoms with Gasteiger partial charge in [0.25, 0.3) is 5.91 Å². The number of carbonyl (C=O) groups excluding carboxylic acids is 2. The van der Waals surface area contributed by atoms with Crippen molar-refractivity contribution in [1.82, 2.24) is 25.1 Å². The van der Waals surface area contributed by atoms with E-state index in [1.807, 2.05) is 13.8 Å². The molecule has 0 unspecified atom stereocenters. The molecular weight excluding hydrogens is 449 g/mol. The number of benzene rings is 2. The Balaban J connectivity index is 1.80. The van der Waals surface area contributed by atoms with Gasteiger partial charge in [-0.2, -0.15) is 0 Å². The van der Waals surface area contributed by atoms with Gasteiger partial charge in [0.2, 0.25) is 5.91 Å². The molecule has 0 atom stereocenters. The SMILES string of the molecule is C=CC(=O)Nc1ccc(-c2nn3ncnc(N)c3c2-c2ccc(C(=O)NCC(C)C)cc2)c(F)c1. The molecule has 0 aliphatic heterocycles. The van der Waals surface area contributed by atoms with Crippen LogP contribution in [0, 0.1) is 11.7 Å². The van der Waals surface area contributed by atoms with E-state index in [0.29, 0.717) is 34.7 Å². The van der Waals surface area contributed by atoms with Crippen molar-refractivity contribution < 1.29 is 14.0 Å². The zero-order valence-electron chi connectivity index (χ0n) is 19.2. The lowest BCUT2D eigenvalue weighted by atomic mass is 9.98. The minimum Gasteiger partial charge on any atom is -0.382 e. The summed E-state index contributed by atoms with van der Waals surface area (Å²) in [6, 6.07) is 11.1. The maximum atomic E-state index is 15.2. The predicted molar refractivity (Wildman–Crippen MR) is 132 cm³/mol. The quantitative estimate of drug-likeness (QED) is 0.351. The average molecular weight is 474 g/mol. The van der Waals surface area contributed by atoms with Gasteiger partial charge in [0, 0.05) is 28.9 Å². The van der Waals surface area contributed by atoms with E-state index in [9.17, 15) is 9.59 Å². The number of rotatable bonds is 7. The fourth-order valence-electron chi connectivity index (χ4n) is 3.55. The van der Waals surface area contributed by atoms with Crippen molar-refractivity contribution in [2.24, 2.45) is 5.92 Å². The van der Waals surface area contributed by atoms with E-state index in [0.717, 1.165) is 6.08 Å². The highest BCUT2D eigenvalue weighted by atomic mass is 19.1. The highest BCUT2D eigenvalue weighted by molar-refractivity contribution is 6.00. The predicted octanol–water partition coefficient (Wildman–Crippen LogP) is 3.69. The van der Waals surface area contributed by atoms with Crippen LogP contribution < -0.4 is 16.4 Å². The molecule has 2 amide bonds. The van der Waals surface area contributed by atoms with Gasteiger partial charge in [0.05, 0.1) is 0 Å². The minimum atomic E-state index is -0.604. The summed E-state index contributed by atoms with van der Waals surface area (Å²) in [5.74, 6) is -0.744. The number of nitrogens with one attached hydrogen (secondary N) is 2. The molecule has 4 rings (SSSR count). The third-order valence-corrected chi connectivity index (χ3v) is 5.25. The monoisotopic (exact) mass is 473 g/mol. The second-order valence-electron chi connectivity index (χ2n) is 8.28. The van der Waals surface area contributed by atoms with Crippen molar-refractivity contribution >= 4 is 28.8 Å². The van der Waals surface area contributed by atoms with Gasteiger partial charge in [-0.15, -0.1) is 14.8 Å². The normalized spacial score (nSPS) is 11.0. The molecule has 0 aliphatic rings. The van der Waals surface area contributed by atoms with E-state index in [1.54, 1.807) is 30.3 Å². The highest BCUT2D eigenvalue weighted by Gasteiger charge is 2.22. The Morgan fingerprint density at radius 2 is 1.94 bits per heavy atom. The number of amides is 2. The Morgan fingerprint density at radius 1 is 1.20 bits per heavy atom. The number of fused-ring (bicyclic) bond motifs is 1. The molecule has 4 N–H and O–H groups in total. The zero-order valence-corrected chi connectivity index (χ0v) is 19.2. The lowest BCUT2D eigenvalue weighted by Gasteiger charge is -2.10. The van der Waals surface area contributed by atoms with Crippen LogP contribution in [-0.4, -0.2) is 38.2 Å². The Labute approximate surface area is 200 Å². The molecule has 0 aliphatic carbocycles. The van der Waals surface area contributed by atoms with Crippen molar-refractivity contribution in [2.45, 2.75) is 13.8 Å². The molecule has 2 aromatic heterocycles. The number of carbonyl (C=O) groups is 2. The van der Waals surface area contributed by atoms with Gasteiger partial charge in [-0.1, -0.05) is 32.6 Å². The van der Waals surface area contributed by atoms with Gasteiger partial charge in [0.15, 0.2) is 5.82 Å². The molecule has 0 saturated heterocycles. The average Bonchev–Trinajstić information content (AvgIpc) is 3.23. The summed E-state index contributed by atoms with van der Waals surface area (Å²) in [7, 11) is 0. The molecule has 0 radical (unpaired) electrons. The van der Waals surface area contributed by atoms with Gasteiger partial charge < -0.3 is 16.4 Å². The van der Waals surface area contributed by atoms with E-state index in [-0.39, 0.29) is 28.7 Å². The lowest BCUT2D eigenvalue weighted by Crippen LogP contribution is -2.27. The van der Waals surface area contributed by atoms with Gasteiger partial charge in [-0.05, 0) is 47.9 Å². The summed E-state index contributed by atoms with van der Waals surface area (Å²) in [4.78, 5) is 28.0. The fraction of sp³-hybridized carbons (Fsp3) is 0.160. The van der Waals surface area contributed by atoms with Crippen LogP contribution >= 0.6 is 0 Å². The third-order valence-electron chi connectivity index (χ3n) is 5.25. The number of nitrogens with zero attached hydrogens (tertiary/aromatic N) is 4. The van der Waals surface area contributed by atoms with E-state index in [4.69, 9.17) is 5.73 Å². The summed E-state index contributed by atoms with van der Waals surface area (Å²) < 4.78 is 16.5. The first kappa shape index (κ1) is 23.6. The standard InChI is InChI=1S/C25H24FN7O2/c1-4-20(34)31-17-9-10-18(19(26)11-17)22-21(23-24(27)29-13-30-33(23)32-22)15-5-7-16(8-6-15)25(35)28-12-14(2)3/h4-11,13-14H,1,12H2,2-3H3,(H,28,35)(H,31,34)(H2,27,29,30). The van der Waals surface area contributed by atoms with Crippen molar-refractivity contribution in [3.8, 4) is 22.4 Å². The first-order valence-electron chi connectivity index (χ1n) is 10.9. The number of halogens is 1. The van der Waals surface area contributed by atoms with Crippen molar-refractivity contribution in [3.05, 3.63) is 72.8 Å². The molecule has 0 saturated carbocycles. The van der Waals surface area contributed by atoms with Crippen LogP contribution in [0.15, 0.2) is 61.4 Å². The van der Waals surface area contributed by atoms with E-state index < -0.39 is 11.7 Å². The summed E-state index contributed by atoms with van der Waals surface area (Å²) in [5, 5.41) is 14.0. The van der Waals surface area contributed by atoms with Crippen molar-refractivity contribution in [1.29, 1.82) is 0 Å². The summed E-state index contributed by atoms with van der Waals surface area (Å²) >= 11 is 0. The van der Waals surface area contributed by atoms with E-state index in [2.05, 4.69) is 32.4 Å². The van der Waals surface area contributed by atoms with Crippen LogP contribution in [0.1, 0.15) is 24.2 Å². The molecule has 35 heavy (non-hydrogen) atoms.